The van der Waals surface area contributed by atoms with Gasteiger partial charge >= 0.3 is 0 Å². The summed E-state index contributed by atoms with van der Waals surface area (Å²) in [5, 5.41) is 3.82. The monoisotopic (exact) mass is 431 g/mol. The first-order valence-electron chi connectivity index (χ1n) is 10.7. The Balaban J connectivity index is 1.47. The van der Waals surface area contributed by atoms with Crippen molar-refractivity contribution in [3.05, 3.63) is 65.2 Å². The lowest BCUT2D eigenvalue weighted by atomic mass is 10.1. The third kappa shape index (κ3) is 4.06. The van der Waals surface area contributed by atoms with Crippen LogP contribution in [-0.2, 0) is 18.2 Å². The Kier molecular flexibility index (Phi) is 5.55. The predicted octanol–water partition coefficient (Wildman–Crippen LogP) is 2.21. The summed E-state index contributed by atoms with van der Waals surface area (Å²) in [6.45, 7) is 3.89. The number of nitrogens with zero attached hydrogens (tertiary/aromatic N) is 5. The summed E-state index contributed by atoms with van der Waals surface area (Å²) in [6.07, 6.45) is 5.78. The molecule has 5 rings (SSSR count). The zero-order valence-corrected chi connectivity index (χ0v) is 17.9. The van der Waals surface area contributed by atoms with E-state index < -0.39 is 0 Å². The number of fused-ring (bicyclic) bond motifs is 1. The number of hydrogen-bond donors (Lipinski definition) is 2. The zero-order chi connectivity index (χ0) is 21.9. The molecule has 1 aliphatic heterocycles. The van der Waals surface area contributed by atoms with Crippen LogP contribution in [0.25, 0.3) is 22.2 Å². The number of nitrogens with one attached hydrogen (secondary N) is 2. The Bertz CT molecular complexity index is 1260. The topological polar surface area (TPSA) is 101 Å². The first kappa shape index (κ1) is 20.2. The molecule has 164 valence electrons. The van der Waals surface area contributed by atoms with Gasteiger partial charge in [0.15, 0.2) is 0 Å². The van der Waals surface area contributed by atoms with E-state index >= 15 is 0 Å². The normalized spacial score (nSPS) is 14.1. The van der Waals surface area contributed by atoms with E-state index in [1.165, 1.54) is 10.3 Å². The number of imidazole rings is 1. The van der Waals surface area contributed by atoms with E-state index in [1.807, 2.05) is 12.3 Å². The number of aromatic nitrogens is 5. The number of rotatable bonds is 6. The summed E-state index contributed by atoms with van der Waals surface area (Å²) in [5.41, 5.74) is 4.36. The number of ether oxygens (including phenoxy) is 1. The lowest BCUT2D eigenvalue weighted by Gasteiger charge is -2.28. The number of hydrogen-bond acceptors (Lipinski definition) is 7. The number of aromatic amines is 1. The van der Waals surface area contributed by atoms with Crippen LogP contribution < -0.4 is 15.8 Å². The smallest absolute Gasteiger partial charge is 0.264 e. The number of benzene rings is 1. The molecule has 0 bridgehead atoms. The first-order chi connectivity index (χ1) is 15.7. The molecule has 9 nitrogen and oxygen atoms in total. The minimum absolute atomic E-state index is 0.126. The van der Waals surface area contributed by atoms with Crippen LogP contribution in [0.4, 0.5) is 11.5 Å². The van der Waals surface area contributed by atoms with Crippen LogP contribution >= 0.6 is 0 Å². The van der Waals surface area contributed by atoms with E-state index in [1.54, 1.807) is 19.7 Å². The van der Waals surface area contributed by atoms with Crippen LogP contribution in [-0.4, -0.2) is 57.4 Å². The van der Waals surface area contributed by atoms with Crippen molar-refractivity contribution >= 4 is 22.4 Å². The van der Waals surface area contributed by atoms with Gasteiger partial charge in [-0.3, -0.25) is 4.79 Å². The van der Waals surface area contributed by atoms with Crippen molar-refractivity contribution < 1.29 is 4.74 Å². The summed E-state index contributed by atoms with van der Waals surface area (Å²) < 4.78 is 6.92. The van der Waals surface area contributed by atoms with Crippen LogP contribution in [0.5, 0.6) is 0 Å². The number of H-pyrrole nitrogens is 1. The third-order valence-corrected chi connectivity index (χ3v) is 5.67. The van der Waals surface area contributed by atoms with Gasteiger partial charge in [-0.05, 0) is 18.2 Å². The second kappa shape index (κ2) is 8.80. The third-order valence-electron chi connectivity index (χ3n) is 5.67. The lowest BCUT2D eigenvalue weighted by molar-refractivity contribution is 0.122. The summed E-state index contributed by atoms with van der Waals surface area (Å²) in [4.78, 5) is 31.6. The minimum Gasteiger partial charge on any atom is -0.378 e. The van der Waals surface area contributed by atoms with E-state index in [9.17, 15) is 4.79 Å². The van der Waals surface area contributed by atoms with Crippen molar-refractivity contribution in [2.75, 3.05) is 43.1 Å². The lowest BCUT2D eigenvalue weighted by Crippen LogP contribution is -2.36. The molecule has 3 aromatic heterocycles. The van der Waals surface area contributed by atoms with Crippen LogP contribution in [0.15, 0.2) is 54.0 Å². The van der Waals surface area contributed by atoms with Gasteiger partial charge < -0.3 is 24.5 Å². The summed E-state index contributed by atoms with van der Waals surface area (Å²) in [7, 11) is 1.69. The Morgan fingerprint density at radius 1 is 1.16 bits per heavy atom. The molecule has 9 heteroatoms. The van der Waals surface area contributed by atoms with Crippen molar-refractivity contribution in [3.63, 3.8) is 0 Å². The molecule has 0 unspecified atom stereocenters. The molecule has 32 heavy (non-hydrogen) atoms. The van der Waals surface area contributed by atoms with Gasteiger partial charge in [-0.2, -0.15) is 0 Å². The van der Waals surface area contributed by atoms with Gasteiger partial charge in [0.1, 0.15) is 11.2 Å². The molecular formula is C23H25N7O2. The highest BCUT2D eigenvalue weighted by Gasteiger charge is 2.15. The highest BCUT2D eigenvalue weighted by atomic mass is 16.5. The average molecular weight is 432 g/mol. The largest absolute Gasteiger partial charge is 0.378 e. The molecule has 2 N–H and O–H groups in total. The van der Waals surface area contributed by atoms with Crippen molar-refractivity contribution in [3.8, 4) is 11.3 Å². The Morgan fingerprint density at radius 3 is 2.72 bits per heavy atom. The molecule has 1 saturated heterocycles. The molecule has 0 amide bonds. The van der Waals surface area contributed by atoms with E-state index in [-0.39, 0.29) is 5.56 Å². The highest BCUT2D eigenvalue weighted by molar-refractivity contribution is 5.91. The maximum absolute atomic E-state index is 12.8. The molecule has 4 aromatic rings. The van der Waals surface area contributed by atoms with E-state index in [2.05, 4.69) is 49.4 Å². The molecule has 0 atom stereocenters. The molecule has 4 heterocycles. The fourth-order valence-corrected chi connectivity index (χ4v) is 3.90. The Hall–Kier alpha value is -3.72. The second-order valence-corrected chi connectivity index (χ2v) is 7.79. The fourth-order valence-electron chi connectivity index (χ4n) is 3.90. The van der Waals surface area contributed by atoms with Crippen molar-refractivity contribution in [1.82, 2.24) is 24.5 Å². The molecule has 1 aromatic carbocycles. The molecule has 0 radical (unpaired) electrons. The zero-order valence-electron chi connectivity index (χ0n) is 17.9. The van der Waals surface area contributed by atoms with Crippen LogP contribution in [0, 0.1) is 0 Å². The summed E-state index contributed by atoms with van der Waals surface area (Å²) in [6, 6.07) is 10.2. The summed E-state index contributed by atoms with van der Waals surface area (Å²) in [5.74, 6) is 0.541. The highest BCUT2D eigenvalue weighted by Crippen LogP contribution is 2.27. The Morgan fingerprint density at radius 2 is 1.97 bits per heavy atom. The maximum Gasteiger partial charge on any atom is 0.264 e. The van der Waals surface area contributed by atoms with Gasteiger partial charge in [0.2, 0.25) is 0 Å². The fraction of sp³-hybridized carbons (Fsp3) is 0.304. The molecular weight excluding hydrogens is 406 g/mol. The van der Waals surface area contributed by atoms with Crippen molar-refractivity contribution in [1.29, 1.82) is 0 Å². The number of anilines is 2. The standard InChI is InChI=1S/C23H25N7O2/c1-29-15-27-20-12-19(16-2-4-18(5-3-16)30-8-10-32-11-9-30)28-22(21(20)23(29)31)25-7-6-17-13-24-14-26-17/h2-5,12-15H,6-11H2,1H3,(H,24,26)(H,25,28). The van der Waals surface area contributed by atoms with Gasteiger partial charge in [0.05, 0.1) is 42.8 Å². The van der Waals surface area contributed by atoms with E-state index in [0.717, 1.165) is 43.3 Å². The van der Waals surface area contributed by atoms with E-state index in [4.69, 9.17) is 9.72 Å². The van der Waals surface area contributed by atoms with Crippen LogP contribution in [0.2, 0.25) is 0 Å². The molecule has 0 saturated carbocycles. The molecule has 0 spiro atoms. The van der Waals surface area contributed by atoms with Gasteiger partial charge in [0, 0.05) is 50.6 Å². The molecule has 1 aliphatic rings. The molecule has 0 aliphatic carbocycles. The number of pyridine rings is 1. The van der Waals surface area contributed by atoms with Gasteiger partial charge in [0.25, 0.3) is 5.56 Å². The number of morpholine rings is 1. The van der Waals surface area contributed by atoms with Gasteiger partial charge in [-0.1, -0.05) is 12.1 Å². The SMILES string of the molecule is Cn1cnc2cc(-c3ccc(N4CCOCC4)cc3)nc(NCCc3c[nH]cn3)c2c1=O. The van der Waals surface area contributed by atoms with E-state index in [0.29, 0.717) is 29.7 Å². The first-order valence-corrected chi connectivity index (χ1v) is 10.7. The minimum atomic E-state index is -0.126. The van der Waals surface area contributed by atoms with Crippen LogP contribution in [0.1, 0.15) is 5.69 Å². The quantitative estimate of drug-likeness (QED) is 0.483. The van der Waals surface area contributed by atoms with Crippen molar-refractivity contribution in [2.24, 2.45) is 7.05 Å². The maximum atomic E-state index is 12.8. The average Bonchev–Trinajstić information content (AvgIpc) is 3.35. The predicted molar refractivity (Wildman–Crippen MR) is 124 cm³/mol. The summed E-state index contributed by atoms with van der Waals surface area (Å²) >= 11 is 0. The van der Waals surface area contributed by atoms with Crippen molar-refractivity contribution in [2.45, 2.75) is 6.42 Å². The second-order valence-electron chi connectivity index (χ2n) is 7.79. The van der Waals surface area contributed by atoms with Gasteiger partial charge in [-0.15, -0.1) is 0 Å². The van der Waals surface area contributed by atoms with Crippen LogP contribution in [0.3, 0.4) is 0 Å². The number of aryl methyl sites for hydroxylation is 1. The van der Waals surface area contributed by atoms with Gasteiger partial charge in [-0.25, -0.2) is 15.0 Å². The molecule has 1 fully saturated rings. The Labute approximate surface area is 185 Å².